The van der Waals surface area contributed by atoms with Crippen LogP contribution in [0, 0.1) is 11.3 Å². The summed E-state index contributed by atoms with van der Waals surface area (Å²) in [7, 11) is -2.00. The summed E-state index contributed by atoms with van der Waals surface area (Å²) >= 11 is 0. The van der Waals surface area contributed by atoms with Gasteiger partial charge < -0.3 is 10.6 Å². The first-order valence-corrected chi connectivity index (χ1v) is 13.0. The molecule has 2 aromatic carbocycles. The Bertz CT molecular complexity index is 1340. The Morgan fingerprint density at radius 3 is 2.36 bits per heavy atom. The average Bonchev–Trinajstić information content (AvgIpc) is 3.17. The fraction of sp³-hybridized carbons (Fsp3) is 0.269. The van der Waals surface area contributed by atoms with Gasteiger partial charge in [0, 0.05) is 26.7 Å². The van der Waals surface area contributed by atoms with E-state index in [4.69, 9.17) is 5.26 Å². The molecule has 1 aliphatic heterocycles. The van der Waals surface area contributed by atoms with Crippen molar-refractivity contribution in [2.45, 2.75) is 18.9 Å². The van der Waals surface area contributed by atoms with Crippen molar-refractivity contribution in [2.24, 2.45) is 0 Å². The van der Waals surface area contributed by atoms with E-state index in [9.17, 15) is 13.2 Å². The lowest BCUT2D eigenvalue weighted by atomic mass is 9.98. The number of pyridine rings is 1. The zero-order valence-corrected chi connectivity index (χ0v) is 20.9. The molecule has 0 bridgehead atoms. The second-order valence-electron chi connectivity index (χ2n) is 8.68. The Balaban J connectivity index is 1.46. The summed E-state index contributed by atoms with van der Waals surface area (Å²) in [6, 6.07) is 21.6. The molecule has 1 amide bonds. The van der Waals surface area contributed by atoms with E-state index in [2.05, 4.69) is 28.6 Å². The van der Waals surface area contributed by atoms with Gasteiger partial charge in [0.1, 0.15) is 11.9 Å². The summed E-state index contributed by atoms with van der Waals surface area (Å²) in [5.74, 6) is 0.160. The SMILES string of the molecule is C[C@H](CN[C@H](C(=O)Nc1ccc(N2CCN(C)S2(=O)=O)cn1)c1ccccc1)c1ccc(C#N)cc1. The first kappa shape index (κ1) is 25.3. The molecule has 10 heteroatoms. The highest BCUT2D eigenvalue weighted by atomic mass is 32.2. The van der Waals surface area contributed by atoms with Crippen LogP contribution in [0.4, 0.5) is 11.5 Å². The molecule has 0 unspecified atom stereocenters. The van der Waals surface area contributed by atoms with E-state index in [1.807, 2.05) is 42.5 Å². The molecule has 4 rings (SSSR count). The molecular formula is C26H28N6O3S. The smallest absolute Gasteiger partial charge is 0.303 e. The number of hydrogen-bond donors (Lipinski definition) is 2. The summed E-state index contributed by atoms with van der Waals surface area (Å²) < 4.78 is 27.4. The topological polar surface area (TPSA) is 118 Å². The molecule has 1 aliphatic rings. The number of benzene rings is 2. The number of nitrogens with zero attached hydrogens (tertiary/aromatic N) is 4. The minimum atomic E-state index is -3.53. The monoisotopic (exact) mass is 504 g/mol. The number of likely N-dealkylation sites (N-methyl/N-ethyl adjacent to an activating group) is 1. The van der Waals surface area contributed by atoms with Gasteiger partial charge in [0.2, 0.25) is 5.91 Å². The summed E-state index contributed by atoms with van der Waals surface area (Å²) in [5.41, 5.74) is 2.93. The van der Waals surface area contributed by atoms with Gasteiger partial charge in [-0.1, -0.05) is 49.4 Å². The van der Waals surface area contributed by atoms with Crippen molar-refractivity contribution in [1.82, 2.24) is 14.6 Å². The van der Waals surface area contributed by atoms with Gasteiger partial charge in [-0.05, 0) is 41.3 Å². The minimum absolute atomic E-state index is 0.106. The van der Waals surface area contributed by atoms with Crippen molar-refractivity contribution >= 4 is 27.6 Å². The molecule has 0 radical (unpaired) electrons. The van der Waals surface area contributed by atoms with E-state index in [1.165, 1.54) is 21.9 Å². The number of anilines is 2. The average molecular weight is 505 g/mol. The van der Waals surface area contributed by atoms with E-state index in [0.717, 1.165) is 11.1 Å². The van der Waals surface area contributed by atoms with Crippen molar-refractivity contribution in [3.05, 3.63) is 89.6 Å². The second kappa shape index (κ2) is 10.9. The molecule has 186 valence electrons. The zero-order chi connectivity index (χ0) is 25.7. The lowest BCUT2D eigenvalue weighted by Gasteiger charge is -2.22. The van der Waals surface area contributed by atoms with Crippen LogP contribution < -0.4 is 14.9 Å². The fourth-order valence-corrected chi connectivity index (χ4v) is 5.34. The molecule has 3 aromatic rings. The summed E-state index contributed by atoms with van der Waals surface area (Å²) in [5, 5.41) is 15.2. The van der Waals surface area contributed by atoms with Crippen LogP contribution in [-0.4, -0.2) is 50.3 Å². The van der Waals surface area contributed by atoms with Gasteiger partial charge in [-0.15, -0.1) is 0 Å². The van der Waals surface area contributed by atoms with Crippen LogP contribution in [0.25, 0.3) is 0 Å². The molecule has 2 heterocycles. The molecule has 1 fully saturated rings. The van der Waals surface area contributed by atoms with Gasteiger partial charge in [0.25, 0.3) is 0 Å². The summed E-state index contributed by atoms with van der Waals surface area (Å²) in [4.78, 5) is 17.5. The molecule has 0 saturated carbocycles. The van der Waals surface area contributed by atoms with E-state index < -0.39 is 16.3 Å². The molecule has 0 spiro atoms. The Kier molecular flexibility index (Phi) is 7.64. The number of hydrogen-bond acceptors (Lipinski definition) is 6. The van der Waals surface area contributed by atoms with Crippen molar-refractivity contribution < 1.29 is 13.2 Å². The molecule has 0 aliphatic carbocycles. The normalized spacial score (nSPS) is 16.8. The lowest BCUT2D eigenvalue weighted by molar-refractivity contribution is -0.118. The van der Waals surface area contributed by atoms with Crippen molar-refractivity contribution in [3.63, 3.8) is 0 Å². The van der Waals surface area contributed by atoms with Crippen molar-refractivity contribution in [1.29, 1.82) is 5.26 Å². The van der Waals surface area contributed by atoms with Crippen LogP contribution >= 0.6 is 0 Å². The number of amides is 1. The highest BCUT2D eigenvalue weighted by Gasteiger charge is 2.34. The molecule has 2 atom stereocenters. The quantitative estimate of drug-likeness (QED) is 0.487. The number of rotatable bonds is 8. The van der Waals surface area contributed by atoms with Crippen LogP contribution in [0.1, 0.15) is 35.6 Å². The molecule has 36 heavy (non-hydrogen) atoms. The van der Waals surface area contributed by atoms with Crippen LogP contribution in [-0.2, 0) is 15.0 Å². The van der Waals surface area contributed by atoms with E-state index in [1.54, 1.807) is 24.3 Å². The largest absolute Gasteiger partial charge is 0.309 e. The second-order valence-corrected chi connectivity index (χ2v) is 10.6. The van der Waals surface area contributed by atoms with Gasteiger partial charge in [-0.25, -0.2) is 4.98 Å². The Morgan fingerprint density at radius 2 is 1.78 bits per heavy atom. The summed E-state index contributed by atoms with van der Waals surface area (Å²) in [6.07, 6.45) is 1.45. The van der Waals surface area contributed by atoms with Gasteiger partial charge in [0.05, 0.1) is 23.5 Å². The van der Waals surface area contributed by atoms with Gasteiger partial charge in [-0.3, -0.25) is 9.10 Å². The molecule has 1 saturated heterocycles. The van der Waals surface area contributed by atoms with Gasteiger partial charge in [0.15, 0.2) is 0 Å². The summed E-state index contributed by atoms with van der Waals surface area (Å²) in [6.45, 7) is 3.35. The maximum absolute atomic E-state index is 13.3. The predicted molar refractivity (Wildman–Crippen MR) is 139 cm³/mol. The van der Waals surface area contributed by atoms with Crippen LogP contribution in [0.5, 0.6) is 0 Å². The van der Waals surface area contributed by atoms with Gasteiger partial charge in [-0.2, -0.15) is 18.0 Å². The van der Waals surface area contributed by atoms with E-state index >= 15 is 0 Å². The minimum Gasteiger partial charge on any atom is -0.309 e. The third kappa shape index (κ3) is 5.54. The molecule has 9 nitrogen and oxygen atoms in total. The molecule has 2 N–H and O–H groups in total. The lowest BCUT2D eigenvalue weighted by Crippen LogP contribution is -2.35. The third-order valence-corrected chi connectivity index (χ3v) is 8.13. The maximum Gasteiger partial charge on any atom is 0.303 e. The van der Waals surface area contributed by atoms with Crippen LogP contribution in [0.3, 0.4) is 0 Å². The number of nitriles is 1. The van der Waals surface area contributed by atoms with Crippen molar-refractivity contribution in [3.8, 4) is 6.07 Å². The number of nitrogens with one attached hydrogen (secondary N) is 2. The predicted octanol–water partition coefficient (Wildman–Crippen LogP) is 3.02. The first-order valence-electron chi connectivity index (χ1n) is 11.6. The van der Waals surface area contributed by atoms with Crippen LogP contribution in [0.2, 0.25) is 0 Å². The van der Waals surface area contributed by atoms with Crippen LogP contribution in [0.15, 0.2) is 72.9 Å². The maximum atomic E-state index is 13.3. The van der Waals surface area contributed by atoms with Crippen molar-refractivity contribution in [2.75, 3.05) is 36.3 Å². The Labute approximate surface area is 211 Å². The molecule has 1 aromatic heterocycles. The number of carbonyl (C=O) groups excluding carboxylic acids is 1. The molecular weight excluding hydrogens is 476 g/mol. The third-order valence-electron chi connectivity index (χ3n) is 6.21. The Morgan fingerprint density at radius 1 is 1.06 bits per heavy atom. The highest BCUT2D eigenvalue weighted by molar-refractivity contribution is 7.90. The highest BCUT2D eigenvalue weighted by Crippen LogP contribution is 2.25. The standard InChI is InChI=1S/C26H28N6O3S/c1-19(21-10-8-20(16-27)9-11-21)17-29-25(22-6-4-3-5-7-22)26(33)30-24-13-12-23(18-28-24)32-15-14-31(2)36(32,34)35/h3-13,18-19,25,29H,14-15,17H2,1-2H3,(H,28,30,33)/t19-,25+/m1/s1. The number of aromatic nitrogens is 1. The Hall–Kier alpha value is -3.78. The fourth-order valence-electron chi connectivity index (χ4n) is 4.00. The van der Waals surface area contributed by atoms with E-state index in [-0.39, 0.29) is 11.8 Å². The first-order chi connectivity index (χ1) is 17.3. The zero-order valence-electron chi connectivity index (χ0n) is 20.1. The number of carbonyl (C=O) groups is 1. The van der Waals surface area contributed by atoms with Gasteiger partial charge >= 0.3 is 10.2 Å². The van der Waals surface area contributed by atoms with E-state index in [0.29, 0.717) is 36.7 Å².